The van der Waals surface area contributed by atoms with E-state index in [2.05, 4.69) is 56.1 Å². The lowest BCUT2D eigenvalue weighted by Crippen LogP contribution is -2.03. The molecule has 142 valence electrons. The molecular weight excluding hydrogens is 370 g/mol. The highest BCUT2D eigenvalue weighted by Gasteiger charge is 2.14. The lowest BCUT2D eigenvalue weighted by molar-refractivity contribution is 0.391. The van der Waals surface area contributed by atoms with Gasteiger partial charge in [-0.25, -0.2) is 0 Å². The molecule has 7 heteroatoms. The lowest BCUT2D eigenvalue weighted by Gasteiger charge is -2.07. The second kappa shape index (κ2) is 8.39. The average Bonchev–Trinajstić information content (AvgIpc) is 3.35. The van der Waals surface area contributed by atoms with Gasteiger partial charge < -0.3 is 9.09 Å². The smallest absolute Gasteiger partial charge is 0.237 e. The van der Waals surface area contributed by atoms with E-state index in [0.29, 0.717) is 17.5 Å². The number of hydrogen-bond acceptors (Lipinski definition) is 6. The van der Waals surface area contributed by atoms with Crippen molar-refractivity contribution in [1.29, 1.82) is 0 Å². The highest BCUT2D eigenvalue weighted by molar-refractivity contribution is 7.98. The Morgan fingerprint density at radius 3 is 2.50 bits per heavy atom. The predicted octanol–water partition coefficient (Wildman–Crippen LogP) is 4.54. The van der Waals surface area contributed by atoms with Crippen LogP contribution >= 0.6 is 11.8 Å². The van der Waals surface area contributed by atoms with Gasteiger partial charge in [0.25, 0.3) is 0 Å². The number of aryl methyl sites for hydroxylation is 2. The normalized spacial score (nSPS) is 11.1. The third kappa shape index (κ3) is 4.14. The molecule has 6 nitrogen and oxygen atoms in total. The van der Waals surface area contributed by atoms with Crippen molar-refractivity contribution in [3.8, 4) is 11.4 Å². The number of aromatic nitrogens is 5. The van der Waals surface area contributed by atoms with Crippen LogP contribution < -0.4 is 0 Å². The standard InChI is InChI=1S/C21H21N5OS/c1-3-16-9-11-18(12-10-16)20-22-19(27-25-20)14-28-21-24-23-15(2)26(21)13-17-7-5-4-6-8-17/h4-12H,3,13-14H2,1-2H3. The number of benzene rings is 2. The molecule has 0 aliphatic rings. The maximum absolute atomic E-state index is 5.42. The van der Waals surface area contributed by atoms with Crippen molar-refractivity contribution < 1.29 is 4.52 Å². The summed E-state index contributed by atoms with van der Waals surface area (Å²) in [5.74, 6) is 2.62. The predicted molar refractivity (Wildman–Crippen MR) is 109 cm³/mol. The van der Waals surface area contributed by atoms with Crippen molar-refractivity contribution in [1.82, 2.24) is 24.9 Å². The molecule has 2 heterocycles. The van der Waals surface area contributed by atoms with Crippen LogP contribution in [0.15, 0.2) is 64.3 Å². The SMILES string of the molecule is CCc1ccc(-c2noc(CSc3nnc(C)n3Cc3ccccc3)n2)cc1. The maximum atomic E-state index is 5.42. The summed E-state index contributed by atoms with van der Waals surface area (Å²) in [5.41, 5.74) is 3.46. The van der Waals surface area contributed by atoms with Crippen molar-refractivity contribution in [2.75, 3.05) is 0 Å². The summed E-state index contributed by atoms with van der Waals surface area (Å²) in [6, 6.07) is 18.5. The molecule has 2 aromatic heterocycles. The molecule has 0 radical (unpaired) electrons. The van der Waals surface area contributed by atoms with Gasteiger partial charge in [-0.15, -0.1) is 10.2 Å². The maximum Gasteiger partial charge on any atom is 0.237 e. The highest BCUT2D eigenvalue weighted by Crippen LogP contribution is 2.24. The van der Waals surface area contributed by atoms with E-state index in [1.165, 1.54) is 11.1 Å². The molecule has 0 spiro atoms. The topological polar surface area (TPSA) is 69.6 Å². The Kier molecular flexibility index (Phi) is 5.53. The van der Waals surface area contributed by atoms with Crippen LogP contribution in [-0.4, -0.2) is 24.9 Å². The van der Waals surface area contributed by atoms with Crippen molar-refractivity contribution in [3.63, 3.8) is 0 Å². The van der Waals surface area contributed by atoms with Gasteiger partial charge in [0.15, 0.2) is 5.16 Å². The van der Waals surface area contributed by atoms with Gasteiger partial charge in [-0.2, -0.15) is 4.98 Å². The molecule has 0 saturated heterocycles. The number of hydrogen-bond donors (Lipinski definition) is 0. The summed E-state index contributed by atoms with van der Waals surface area (Å²) in [4.78, 5) is 4.52. The van der Waals surface area contributed by atoms with Crippen molar-refractivity contribution in [2.45, 2.75) is 37.7 Å². The second-order valence-corrected chi connectivity index (χ2v) is 7.39. The molecule has 4 rings (SSSR count). The molecule has 0 bridgehead atoms. The molecule has 0 saturated carbocycles. The van der Waals surface area contributed by atoms with Crippen LogP contribution in [0.5, 0.6) is 0 Å². The van der Waals surface area contributed by atoms with Crippen LogP contribution in [0.25, 0.3) is 11.4 Å². The number of nitrogens with zero attached hydrogens (tertiary/aromatic N) is 5. The Morgan fingerprint density at radius 2 is 1.75 bits per heavy atom. The summed E-state index contributed by atoms with van der Waals surface area (Å²) in [6.45, 7) is 4.84. The van der Waals surface area contributed by atoms with Crippen LogP contribution in [-0.2, 0) is 18.7 Å². The molecule has 0 N–H and O–H groups in total. The van der Waals surface area contributed by atoms with E-state index in [1.807, 2.05) is 37.3 Å². The zero-order valence-electron chi connectivity index (χ0n) is 15.9. The largest absolute Gasteiger partial charge is 0.338 e. The molecule has 28 heavy (non-hydrogen) atoms. The third-order valence-electron chi connectivity index (χ3n) is 4.50. The lowest BCUT2D eigenvalue weighted by atomic mass is 10.1. The zero-order chi connectivity index (χ0) is 19.3. The fourth-order valence-corrected chi connectivity index (χ4v) is 3.68. The summed E-state index contributed by atoms with van der Waals surface area (Å²) in [6.07, 6.45) is 1.01. The molecule has 0 unspecified atom stereocenters. The van der Waals surface area contributed by atoms with E-state index in [0.717, 1.165) is 29.5 Å². The van der Waals surface area contributed by atoms with Crippen LogP contribution in [0.2, 0.25) is 0 Å². The van der Waals surface area contributed by atoms with E-state index in [9.17, 15) is 0 Å². The quantitative estimate of drug-likeness (QED) is 0.431. The summed E-state index contributed by atoms with van der Waals surface area (Å²) in [7, 11) is 0. The Bertz CT molecular complexity index is 1040. The molecule has 4 aromatic rings. The van der Waals surface area contributed by atoms with Crippen LogP contribution in [0, 0.1) is 6.92 Å². The first-order valence-corrected chi connectivity index (χ1v) is 10.2. The zero-order valence-corrected chi connectivity index (χ0v) is 16.7. The molecule has 0 aliphatic heterocycles. The second-order valence-electron chi connectivity index (χ2n) is 6.45. The van der Waals surface area contributed by atoms with Crippen molar-refractivity contribution in [2.24, 2.45) is 0 Å². The molecular formula is C21H21N5OS. The number of rotatable bonds is 7. The van der Waals surface area contributed by atoms with E-state index in [4.69, 9.17) is 4.52 Å². The van der Waals surface area contributed by atoms with Gasteiger partial charge in [0.2, 0.25) is 11.7 Å². The minimum absolute atomic E-state index is 0.549. The van der Waals surface area contributed by atoms with Gasteiger partial charge in [-0.3, -0.25) is 0 Å². The fourth-order valence-electron chi connectivity index (χ4n) is 2.86. The fraction of sp³-hybridized carbons (Fsp3) is 0.238. The Balaban J connectivity index is 1.44. The number of thioether (sulfide) groups is 1. The monoisotopic (exact) mass is 391 g/mol. The average molecular weight is 392 g/mol. The Hall–Kier alpha value is -2.93. The van der Waals surface area contributed by atoms with Gasteiger partial charge in [0.05, 0.1) is 12.3 Å². The minimum atomic E-state index is 0.549. The Morgan fingerprint density at radius 1 is 0.964 bits per heavy atom. The first kappa shape index (κ1) is 18.4. The molecule has 0 atom stereocenters. The molecule has 0 amide bonds. The molecule has 0 aliphatic carbocycles. The van der Waals surface area contributed by atoms with Gasteiger partial charge >= 0.3 is 0 Å². The van der Waals surface area contributed by atoms with Crippen LogP contribution in [0.1, 0.15) is 29.8 Å². The minimum Gasteiger partial charge on any atom is -0.338 e. The first-order valence-electron chi connectivity index (χ1n) is 9.21. The van der Waals surface area contributed by atoms with E-state index < -0.39 is 0 Å². The summed E-state index contributed by atoms with van der Waals surface area (Å²) >= 11 is 1.55. The van der Waals surface area contributed by atoms with Crippen LogP contribution in [0.4, 0.5) is 0 Å². The highest BCUT2D eigenvalue weighted by atomic mass is 32.2. The van der Waals surface area contributed by atoms with Gasteiger partial charge in [-0.05, 0) is 24.5 Å². The van der Waals surface area contributed by atoms with E-state index in [-0.39, 0.29) is 0 Å². The van der Waals surface area contributed by atoms with Crippen LogP contribution in [0.3, 0.4) is 0 Å². The van der Waals surface area contributed by atoms with Crippen molar-refractivity contribution in [3.05, 3.63) is 77.4 Å². The summed E-state index contributed by atoms with van der Waals surface area (Å²) in [5, 5.41) is 13.5. The molecule has 2 aromatic carbocycles. The van der Waals surface area contributed by atoms with Gasteiger partial charge in [0.1, 0.15) is 5.82 Å². The van der Waals surface area contributed by atoms with Crippen molar-refractivity contribution >= 4 is 11.8 Å². The van der Waals surface area contributed by atoms with E-state index >= 15 is 0 Å². The van der Waals surface area contributed by atoms with E-state index in [1.54, 1.807) is 11.8 Å². The third-order valence-corrected chi connectivity index (χ3v) is 5.45. The first-order chi connectivity index (χ1) is 13.7. The van der Waals surface area contributed by atoms with Gasteiger partial charge in [-0.1, -0.05) is 78.4 Å². The van der Waals surface area contributed by atoms with Gasteiger partial charge in [0, 0.05) is 5.56 Å². The summed E-state index contributed by atoms with van der Waals surface area (Å²) < 4.78 is 7.52. The molecule has 0 fully saturated rings. The Labute approximate surface area is 168 Å².